The Balaban J connectivity index is 1.53. The maximum Gasteiger partial charge on any atom is 0.275 e. The fraction of sp³-hybridized carbons (Fsp3) is 0.211. The van der Waals surface area contributed by atoms with Gasteiger partial charge in [0.2, 0.25) is 5.91 Å². The van der Waals surface area contributed by atoms with E-state index in [1.165, 1.54) is 4.68 Å². The first-order valence-corrected chi connectivity index (χ1v) is 8.04. The van der Waals surface area contributed by atoms with E-state index in [1.807, 2.05) is 43.3 Å². The summed E-state index contributed by atoms with van der Waals surface area (Å²) in [5.41, 5.74) is 0.840. The van der Waals surface area contributed by atoms with Crippen LogP contribution < -0.4 is 15.6 Å². The maximum absolute atomic E-state index is 12.3. The number of fused-ring (bicyclic) bond motifs is 1. The van der Waals surface area contributed by atoms with Crippen LogP contribution in [0.25, 0.3) is 10.8 Å². The fourth-order valence-electron chi connectivity index (χ4n) is 2.50. The number of aromatic nitrogens is 2. The van der Waals surface area contributed by atoms with E-state index in [-0.39, 0.29) is 18.0 Å². The molecule has 0 atom stereocenters. The number of hydrogen-bond acceptors (Lipinski definition) is 4. The first-order valence-electron chi connectivity index (χ1n) is 8.04. The van der Waals surface area contributed by atoms with Gasteiger partial charge in [0.15, 0.2) is 0 Å². The van der Waals surface area contributed by atoms with Crippen molar-refractivity contribution in [1.82, 2.24) is 15.1 Å². The van der Waals surface area contributed by atoms with Gasteiger partial charge in [0.1, 0.15) is 18.9 Å². The highest BCUT2D eigenvalue weighted by atomic mass is 16.5. The molecule has 1 heterocycles. The lowest BCUT2D eigenvalue weighted by Crippen LogP contribution is -2.35. The Kier molecular flexibility index (Phi) is 5.09. The molecule has 0 unspecified atom stereocenters. The predicted octanol–water partition coefficient (Wildman–Crippen LogP) is 1.90. The summed E-state index contributed by atoms with van der Waals surface area (Å²) in [7, 11) is 0. The number of nitrogens with zero attached hydrogens (tertiary/aromatic N) is 2. The van der Waals surface area contributed by atoms with Gasteiger partial charge in [-0.05, 0) is 30.7 Å². The summed E-state index contributed by atoms with van der Waals surface area (Å²) in [5, 5.41) is 8.08. The third kappa shape index (κ3) is 4.23. The molecular formula is C19H19N3O3. The Labute approximate surface area is 145 Å². The van der Waals surface area contributed by atoms with Gasteiger partial charge in [-0.3, -0.25) is 9.59 Å². The molecule has 1 amide bonds. The van der Waals surface area contributed by atoms with Gasteiger partial charge in [0.05, 0.1) is 18.1 Å². The van der Waals surface area contributed by atoms with Gasteiger partial charge in [-0.15, -0.1) is 0 Å². The van der Waals surface area contributed by atoms with Crippen LogP contribution in [-0.4, -0.2) is 28.8 Å². The van der Waals surface area contributed by atoms with Gasteiger partial charge in [-0.25, -0.2) is 4.68 Å². The minimum absolute atomic E-state index is 0.117. The van der Waals surface area contributed by atoms with Gasteiger partial charge in [0, 0.05) is 5.39 Å². The topological polar surface area (TPSA) is 73.2 Å². The number of ether oxygens (including phenoxy) is 1. The van der Waals surface area contributed by atoms with Crippen LogP contribution >= 0.6 is 0 Å². The molecule has 0 bridgehead atoms. The molecule has 6 nitrogen and oxygen atoms in total. The van der Waals surface area contributed by atoms with Gasteiger partial charge in [-0.2, -0.15) is 5.10 Å². The van der Waals surface area contributed by atoms with Crippen molar-refractivity contribution in [2.75, 3.05) is 13.2 Å². The van der Waals surface area contributed by atoms with Crippen molar-refractivity contribution in [3.05, 3.63) is 70.6 Å². The molecule has 128 valence electrons. The summed E-state index contributed by atoms with van der Waals surface area (Å²) in [6.07, 6.45) is 1.59. The van der Waals surface area contributed by atoms with Gasteiger partial charge in [-0.1, -0.05) is 30.3 Å². The summed E-state index contributed by atoms with van der Waals surface area (Å²) in [6.45, 7) is 2.58. The van der Waals surface area contributed by atoms with E-state index in [0.29, 0.717) is 18.5 Å². The van der Waals surface area contributed by atoms with Crippen LogP contribution in [0.1, 0.15) is 5.56 Å². The highest BCUT2D eigenvalue weighted by Crippen LogP contribution is 2.11. The second-order valence-electron chi connectivity index (χ2n) is 5.71. The van der Waals surface area contributed by atoms with Crippen molar-refractivity contribution in [3.8, 4) is 5.75 Å². The fourth-order valence-corrected chi connectivity index (χ4v) is 2.50. The summed E-state index contributed by atoms with van der Waals surface area (Å²) < 4.78 is 6.74. The first kappa shape index (κ1) is 16.7. The molecule has 0 saturated heterocycles. The number of rotatable bonds is 6. The molecule has 0 aliphatic carbocycles. The molecule has 1 N–H and O–H groups in total. The number of amides is 1. The standard InChI is InChI=1S/C19H19N3O3/c1-14-5-4-7-16(11-14)25-10-9-20-18(23)13-22-19(24)17-8-3-2-6-15(17)12-21-22/h2-8,11-12H,9-10,13H2,1H3,(H,20,23). The largest absolute Gasteiger partial charge is 0.492 e. The predicted molar refractivity (Wildman–Crippen MR) is 95.7 cm³/mol. The van der Waals surface area contributed by atoms with Crippen molar-refractivity contribution in [1.29, 1.82) is 0 Å². The first-order chi connectivity index (χ1) is 12.1. The molecular weight excluding hydrogens is 318 g/mol. The van der Waals surface area contributed by atoms with Crippen LogP contribution in [0.15, 0.2) is 59.5 Å². The average molecular weight is 337 g/mol. The maximum atomic E-state index is 12.3. The Morgan fingerprint density at radius 2 is 2.04 bits per heavy atom. The van der Waals surface area contributed by atoms with E-state index in [9.17, 15) is 9.59 Å². The third-order valence-electron chi connectivity index (χ3n) is 3.74. The Hall–Kier alpha value is -3.15. The summed E-state index contributed by atoms with van der Waals surface area (Å²) >= 11 is 0. The monoisotopic (exact) mass is 337 g/mol. The molecule has 0 saturated carbocycles. The lowest BCUT2D eigenvalue weighted by molar-refractivity contribution is -0.122. The van der Waals surface area contributed by atoms with E-state index in [4.69, 9.17) is 4.74 Å². The second kappa shape index (κ2) is 7.61. The van der Waals surface area contributed by atoms with Crippen LogP contribution in [0.4, 0.5) is 0 Å². The zero-order valence-electron chi connectivity index (χ0n) is 13.9. The van der Waals surface area contributed by atoms with Crippen molar-refractivity contribution in [2.24, 2.45) is 0 Å². The van der Waals surface area contributed by atoms with E-state index in [2.05, 4.69) is 10.4 Å². The summed E-state index contributed by atoms with van der Waals surface area (Å²) in [6, 6.07) is 14.9. The second-order valence-corrected chi connectivity index (χ2v) is 5.71. The minimum atomic E-state index is -0.280. The molecule has 1 aromatic heterocycles. The molecule has 3 aromatic rings. The third-order valence-corrected chi connectivity index (χ3v) is 3.74. The van der Waals surface area contributed by atoms with E-state index >= 15 is 0 Å². The van der Waals surface area contributed by atoms with Crippen molar-refractivity contribution in [2.45, 2.75) is 13.5 Å². The number of carbonyl (C=O) groups excluding carboxylic acids is 1. The van der Waals surface area contributed by atoms with Crippen LogP contribution in [-0.2, 0) is 11.3 Å². The lowest BCUT2D eigenvalue weighted by Gasteiger charge is -2.09. The quantitative estimate of drug-likeness (QED) is 0.697. The smallest absolute Gasteiger partial charge is 0.275 e. The molecule has 0 radical (unpaired) electrons. The number of hydrogen-bond donors (Lipinski definition) is 1. The molecule has 0 spiro atoms. The van der Waals surface area contributed by atoms with E-state index in [1.54, 1.807) is 18.3 Å². The van der Waals surface area contributed by atoms with Gasteiger partial charge >= 0.3 is 0 Å². The normalized spacial score (nSPS) is 10.6. The zero-order chi connectivity index (χ0) is 17.6. The summed E-state index contributed by atoms with van der Waals surface area (Å²) in [4.78, 5) is 24.3. The Morgan fingerprint density at radius 3 is 2.88 bits per heavy atom. The number of aryl methyl sites for hydroxylation is 1. The number of benzene rings is 2. The minimum Gasteiger partial charge on any atom is -0.492 e. The number of carbonyl (C=O) groups is 1. The molecule has 0 fully saturated rings. The molecule has 25 heavy (non-hydrogen) atoms. The van der Waals surface area contributed by atoms with Crippen LogP contribution in [0.3, 0.4) is 0 Å². The van der Waals surface area contributed by atoms with Crippen LogP contribution in [0.5, 0.6) is 5.75 Å². The van der Waals surface area contributed by atoms with Crippen LogP contribution in [0.2, 0.25) is 0 Å². The lowest BCUT2D eigenvalue weighted by atomic mass is 10.2. The van der Waals surface area contributed by atoms with E-state index in [0.717, 1.165) is 16.7 Å². The van der Waals surface area contributed by atoms with Crippen molar-refractivity contribution < 1.29 is 9.53 Å². The SMILES string of the molecule is Cc1cccc(OCCNC(=O)Cn2ncc3ccccc3c2=O)c1. The molecule has 2 aromatic carbocycles. The van der Waals surface area contributed by atoms with Gasteiger partial charge in [0.25, 0.3) is 5.56 Å². The molecule has 0 aliphatic rings. The van der Waals surface area contributed by atoms with Crippen molar-refractivity contribution >= 4 is 16.7 Å². The van der Waals surface area contributed by atoms with Crippen molar-refractivity contribution in [3.63, 3.8) is 0 Å². The Morgan fingerprint density at radius 1 is 1.20 bits per heavy atom. The molecule has 0 aliphatic heterocycles. The Bertz CT molecular complexity index is 950. The van der Waals surface area contributed by atoms with Crippen LogP contribution in [0, 0.1) is 6.92 Å². The molecule has 6 heteroatoms. The van der Waals surface area contributed by atoms with Gasteiger partial charge < -0.3 is 10.1 Å². The zero-order valence-corrected chi connectivity index (χ0v) is 13.9. The van der Waals surface area contributed by atoms with E-state index < -0.39 is 0 Å². The highest BCUT2D eigenvalue weighted by molar-refractivity contribution is 5.81. The molecule has 3 rings (SSSR count). The summed E-state index contributed by atoms with van der Waals surface area (Å²) in [5.74, 6) is 0.486. The highest BCUT2D eigenvalue weighted by Gasteiger charge is 2.08. The average Bonchev–Trinajstić information content (AvgIpc) is 2.61. The number of nitrogens with one attached hydrogen (secondary N) is 1.